The maximum atomic E-state index is 5.92. The lowest BCUT2D eigenvalue weighted by atomic mass is 10.2. The summed E-state index contributed by atoms with van der Waals surface area (Å²) in [6.07, 6.45) is 0.410. The van der Waals surface area contributed by atoms with Gasteiger partial charge in [0.2, 0.25) is 0 Å². The van der Waals surface area contributed by atoms with Crippen LogP contribution in [0.5, 0.6) is 0 Å². The van der Waals surface area contributed by atoms with Crippen LogP contribution in [-0.4, -0.2) is 32.0 Å². The highest BCUT2D eigenvalue weighted by atomic mass is 16.5. The fourth-order valence-electron chi connectivity index (χ4n) is 2.03. The Morgan fingerprint density at radius 1 is 1.31 bits per heavy atom. The highest BCUT2D eigenvalue weighted by Crippen LogP contribution is 2.19. The largest absolute Gasteiger partial charge is 0.354 e. The van der Waals surface area contributed by atoms with Gasteiger partial charge in [0.15, 0.2) is 0 Å². The average molecular weight is 220 g/mol. The summed E-state index contributed by atoms with van der Waals surface area (Å²) in [4.78, 5) is 2.33. The van der Waals surface area contributed by atoms with Gasteiger partial charge in [-0.3, -0.25) is 0 Å². The van der Waals surface area contributed by atoms with Crippen molar-refractivity contribution in [3.05, 3.63) is 30.3 Å². The lowest BCUT2D eigenvalue weighted by Crippen LogP contribution is -2.53. The predicted molar refractivity (Wildman–Crippen MR) is 66.7 cm³/mol. The van der Waals surface area contributed by atoms with E-state index in [0.717, 1.165) is 19.6 Å². The fourth-order valence-corrected chi connectivity index (χ4v) is 2.03. The lowest BCUT2D eigenvalue weighted by Gasteiger charge is -2.38. The maximum Gasteiger partial charge on any atom is 0.143 e. The number of nitrogens with zero attached hydrogens (tertiary/aromatic N) is 1. The van der Waals surface area contributed by atoms with E-state index >= 15 is 0 Å². The molecule has 0 aliphatic carbocycles. The van der Waals surface area contributed by atoms with Crippen LogP contribution < -0.4 is 10.2 Å². The summed E-state index contributed by atoms with van der Waals surface area (Å²) in [5.74, 6) is 0. The van der Waals surface area contributed by atoms with Crippen LogP contribution in [0.1, 0.15) is 13.8 Å². The molecule has 0 radical (unpaired) electrons. The summed E-state index contributed by atoms with van der Waals surface area (Å²) in [5, 5.41) is 3.37. The molecule has 1 saturated heterocycles. The molecule has 1 aromatic carbocycles. The molecule has 1 aliphatic heterocycles. The number of rotatable bonds is 3. The zero-order valence-electron chi connectivity index (χ0n) is 10.0. The zero-order valence-corrected chi connectivity index (χ0v) is 10.0. The van der Waals surface area contributed by atoms with Crippen LogP contribution in [0, 0.1) is 0 Å². The number of ether oxygens (including phenoxy) is 1. The van der Waals surface area contributed by atoms with Crippen molar-refractivity contribution in [1.29, 1.82) is 0 Å². The van der Waals surface area contributed by atoms with E-state index in [-0.39, 0.29) is 12.3 Å². The average Bonchev–Trinajstić information content (AvgIpc) is 2.30. The molecule has 16 heavy (non-hydrogen) atoms. The standard InChI is InChI=1S/C13H20N2O/c1-11(2)16-13-10-14-8-9-15(13)12-6-4-3-5-7-12/h3-7,11,13-14H,8-10H2,1-2H3. The number of hydrogen-bond donors (Lipinski definition) is 1. The SMILES string of the molecule is CC(C)OC1CNCCN1c1ccccc1. The van der Waals surface area contributed by atoms with E-state index in [9.17, 15) is 0 Å². The smallest absolute Gasteiger partial charge is 0.143 e. The molecule has 1 fully saturated rings. The van der Waals surface area contributed by atoms with E-state index in [1.807, 2.05) is 6.07 Å². The molecule has 0 amide bonds. The van der Waals surface area contributed by atoms with Crippen LogP contribution in [0.4, 0.5) is 5.69 Å². The molecule has 1 unspecified atom stereocenters. The van der Waals surface area contributed by atoms with Crippen LogP contribution >= 0.6 is 0 Å². The molecule has 2 rings (SSSR count). The Labute approximate surface area is 97.4 Å². The molecule has 1 aliphatic rings. The van der Waals surface area contributed by atoms with Crippen molar-refractivity contribution >= 4 is 5.69 Å². The summed E-state index contributed by atoms with van der Waals surface area (Å²) in [6, 6.07) is 10.5. The molecule has 0 spiro atoms. The van der Waals surface area contributed by atoms with E-state index in [1.54, 1.807) is 0 Å². The highest BCUT2D eigenvalue weighted by Gasteiger charge is 2.23. The summed E-state index contributed by atoms with van der Waals surface area (Å²) in [7, 11) is 0. The second-order valence-electron chi connectivity index (χ2n) is 4.37. The Hall–Kier alpha value is -1.06. The Morgan fingerprint density at radius 2 is 2.06 bits per heavy atom. The van der Waals surface area contributed by atoms with Gasteiger partial charge < -0.3 is 15.0 Å². The van der Waals surface area contributed by atoms with Crippen molar-refractivity contribution in [2.45, 2.75) is 26.2 Å². The molecule has 1 aromatic rings. The molecule has 0 bridgehead atoms. The second-order valence-corrected chi connectivity index (χ2v) is 4.37. The monoisotopic (exact) mass is 220 g/mol. The Bertz CT molecular complexity index is 313. The van der Waals surface area contributed by atoms with Crippen LogP contribution in [0.15, 0.2) is 30.3 Å². The number of anilines is 1. The van der Waals surface area contributed by atoms with Crippen molar-refractivity contribution in [3.8, 4) is 0 Å². The highest BCUT2D eigenvalue weighted by molar-refractivity contribution is 5.47. The minimum Gasteiger partial charge on any atom is -0.354 e. The van der Waals surface area contributed by atoms with Gasteiger partial charge in [-0.2, -0.15) is 0 Å². The molecule has 0 saturated carbocycles. The van der Waals surface area contributed by atoms with E-state index in [4.69, 9.17) is 4.74 Å². The topological polar surface area (TPSA) is 24.5 Å². The first-order valence-corrected chi connectivity index (χ1v) is 5.95. The van der Waals surface area contributed by atoms with Gasteiger partial charge in [0.1, 0.15) is 6.23 Å². The number of piperazine rings is 1. The van der Waals surface area contributed by atoms with Gasteiger partial charge >= 0.3 is 0 Å². The molecule has 0 aromatic heterocycles. The normalized spacial score (nSPS) is 21.4. The van der Waals surface area contributed by atoms with Gasteiger partial charge in [-0.15, -0.1) is 0 Å². The molecule has 3 heteroatoms. The molecule has 1 heterocycles. The first-order chi connectivity index (χ1) is 7.77. The van der Waals surface area contributed by atoms with Gasteiger partial charge in [0.05, 0.1) is 6.10 Å². The quantitative estimate of drug-likeness (QED) is 0.841. The van der Waals surface area contributed by atoms with Gasteiger partial charge in [-0.25, -0.2) is 0 Å². The van der Waals surface area contributed by atoms with E-state index < -0.39 is 0 Å². The van der Waals surface area contributed by atoms with Crippen molar-refractivity contribution in [2.75, 3.05) is 24.5 Å². The Morgan fingerprint density at radius 3 is 2.75 bits per heavy atom. The van der Waals surface area contributed by atoms with Gasteiger partial charge in [-0.1, -0.05) is 18.2 Å². The predicted octanol–water partition coefficient (Wildman–Crippen LogP) is 1.85. The van der Waals surface area contributed by atoms with E-state index in [0.29, 0.717) is 0 Å². The van der Waals surface area contributed by atoms with Crippen LogP contribution in [0.25, 0.3) is 0 Å². The minimum absolute atomic E-state index is 0.149. The molecular formula is C13H20N2O. The summed E-state index contributed by atoms with van der Waals surface area (Å²) >= 11 is 0. The zero-order chi connectivity index (χ0) is 11.4. The Balaban J connectivity index is 2.10. The van der Waals surface area contributed by atoms with Gasteiger partial charge in [0.25, 0.3) is 0 Å². The van der Waals surface area contributed by atoms with Crippen molar-refractivity contribution in [3.63, 3.8) is 0 Å². The lowest BCUT2D eigenvalue weighted by molar-refractivity contribution is 0.000722. The minimum atomic E-state index is 0.149. The summed E-state index contributed by atoms with van der Waals surface area (Å²) < 4.78 is 5.92. The number of benzene rings is 1. The third-order valence-corrected chi connectivity index (χ3v) is 2.71. The summed E-state index contributed by atoms with van der Waals surface area (Å²) in [5.41, 5.74) is 1.25. The molecule has 1 atom stereocenters. The van der Waals surface area contributed by atoms with Crippen LogP contribution in [0.3, 0.4) is 0 Å². The van der Waals surface area contributed by atoms with E-state index in [1.165, 1.54) is 5.69 Å². The third kappa shape index (κ3) is 2.74. The van der Waals surface area contributed by atoms with Gasteiger partial charge in [-0.05, 0) is 26.0 Å². The van der Waals surface area contributed by atoms with Crippen LogP contribution in [0.2, 0.25) is 0 Å². The van der Waals surface area contributed by atoms with Crippen molar-refractivity contribution < 1.29 is 4.74 Å². The Kier molecular flexibility index (Phi) is 3.80. The molecule has 1 N–H and O–H groups in total. The first kappa shape index (κ1) is 11.4. The molecule has 88 valence electrons. The van der Waals surface area contributed by atoms with Crippen molar-refractivity contribution in [2.24, 2.45) is 0 Å². The van der Waals surface area contributed by atoms with E-state index in [2.05, 4.69) is 48.3 Å². The number of para-hydroxylation sites is 1. The number of nitrogens with one attached hydrogen (secondary N) is 1. The first-order valence-electron chi connectivity index (χ1n) is 5.95. The molecule has 3 nitrogen and oxygen atoms in total. The third-order valence-electron chi connectivity index (χ3n) is 2.71. The number of hydrogen-bond acceptors (Lipinski definition) is 3. The van der Waals surface area contributed by atoms with Crippen molar-refractivity contribution in [1.82, 2.24) is 5.32 Å². The molecular weight excluding hydrogens is 200 g/mol. The van der Waals surface area contributed by atoms with Gasteiger partial charge in [0, 0.05) is 25.3 Å². The maximum absolute atomic E-state index is 5.92. The fraction of sp³-hybridized carbons (Fsp3) is 0.538. The van der Waals surface area contributed by atoms with Crippen LogP contribution in [-0.2, 0) is 4.74 Å². The second kappa shape index (κ2) is 5.32. The summed E-state index contributed by atoms with van der Waals surface area (Å²) in [6.45, 7) is 7.08.